The second-order valence-electron chi connectivity index (χ2n) is 5.34. The summed E-state index contributed by atoms with van der Waals surface area (Å²) in [5.74, 6) is 1.17. The largest absolute Gasteiger partial charge is 0.461 e. The fourth-order valence-electron chi connectivity index (χ4n) is 2.62. The van der Waals surface area contributed by atoms with E-state index in [1.54, 1.807) is 13.8 Å². The highest BCUT2D eigenvalue weighted by molar-refractivity contribution is 5.79. The quantitative estimate of drug-likeness (QED) is 0.682. The second kappa shape index (κ2) is 3.23. The van der Waals surface area contributed by atoms with E-state index in [2.05, 4.69) is 0 Å². The minimum absolute atomic E-state index is 0.157. The van der Waals surface area contributed by atoms with Crippen molar-refractivity contribution in [1.82, 2.24) is 0 Å². The van der Waals surface area contributed by atoms with Crippen LogP contribution in [0.1, 0.15) is 39.5 Å². The molecule has 0 saturated heterocycles. The maximum atomic E-state index is 11.5. The summed E-state index contributed by atoms with van der Waals surface area (Å²) < 4.78 is 5.45. The molecule has 0 aliphatic heterocycles. The Morgan fingerprint density at radius 3 is 2.50 bits per heavy atom. The van der Waals surface area contributed by atoms with Gasteiger partial charge in [0.25, 0.3) is 0 Å². The van der Waals surface area contributed by atoms with Crippen molar-refractivity contribution in [3.63, 3.8) is 0 Å². The predicted molar refractivity (Wildman–Crippen MR) is 53.6 cm³/mol. The lowest BCUT2D eigenvalue weighted by Gasteiger charge is -2.25. The van der Waals surface area contributed by atoms with E-state index in [4.69, 9.17) is 10.5 Å². The molecule has 2 aliphatic rings. The highest BCUT2D eigenvalue weighted by Crippen LogP contribution is 2.46. The molecule has 0 aromatic carbocycles. The molecule has 3 atom stereocenters. The first-order valence-corrected chi connectivity index (χ1v) is 5.47. The van der Waals surface area contributed by atoms with Crippen molar-refractivity contribution in [3.8, 4) is 0 Å². The molecule has 2 aliphatic carbocycles. The van der Waals surface area contributed by atoms with Gasteiger partial charge < -0.3 is 10.5 Å². The van der Waals surface area contributed by atoms with Crippen molar-refractivity contribution in [2.75, 3.05) is 0 Å². The van der Waals surface area contributed by atoms with Crippen LogP contribution in [0.4, 0.5) is 0 Å². The van der Waals surface area contributed by atoms with E-state index in [-0.39, 0.29) is 12.1 Å². The third-order valence-electron chi connectivity index (χ3n) is 3.46. The first kappa shape index (κ1) is 9.97. The average molecular weight is 197 g/mol. The Balaban J connectivity index is 1.90. The monoisotopic (exact) mass is 197 g/mol. The molecular weight excluding hydrogens is 178 g/mol. The minimum atomic E-state index is -0.845. The molecule has 0 heterocycles. The third-order valence-corrected chi connectivity index (χ3v) is 3.46. The summed E-state index contributed by atoms with van der Waals surface area (Å²) in [6.07, 6.45) is 5.03. The SMILES string of the molecule is CC(C)(N)C(=O)OC1CC2CCC1C2. The van der Waals surface area contributed by atoms with Gasteiger partial charge in [0, 0.05) is 0 Å². The molecule has 0 amide bonds. The molecule has 80 valence electrons. The molecule has 0 spiro atoms. The van der Waals surface area contributed by atoms with Crippen molar-refractivity contribution in [1.29, 1.82) is 0 Å². The zero-order valence-corrected chi connectivity index (χ0v) is 8.95. The third kappa shape index (κ3) is 1.78. The zero-order valence-electron chi connectivity index (χ0n) is 8.95. The van der Waals surface area contributed by atoms with Gasteiger partial charge in [-0.3, -0.25) is 4.79 Å². The Bertz CT molecular complexity index is 244. The van der Waals surface area contributed by atoms with Crippen LogP contribution in [0.3, 0.4) is 0 Å². The number of hydrogen-bond acceptors (Lipinski definition) is 3. The van der Waals surface area contributed by atoms with E-state index in [1.807, 2.05) is 0 Å². The molecule has 0 aromatic rings. The molecule has 0 aromatic heterocycles. The Morgan fingerprint density at radius 1 is 1.36 bits per heavy atom. The summed E-state index contributed by atoms with van der Waals surface area (Å²) in [6.45, 7) is 3.39. The van der Waals surface area contributed by atoms with Crippen LogP contribution in [0.2, 0.25) is 0 Å². The summed E-state index contributed by atoms with van der Waals surface area (Å²) >= 11 is 0. The minimum Gasteiger partial charge on any atom is -0.461 e. The molecule has 2 saturated carbocycles. The highest BCUT2D eigenvalue weighted by Gasteiger charge is 2.42. The molecule has 2 rings (SSSR count). The fourth-order valence-corrected chi connectivity index (χ4v) is 2.62. The van der Waals surface area contributed by atoms with E-state index in [9.17, 15) is 4.79 Å². The second-order valence-corrected chi connectivity index (χ2v) is 5.34. The van der Waals surface area contributed by atoms with Gasteiger partial charge in [0.15, 0.2) is 0 Å². The number of carbonyl (C=O) groups is 1. The zero-order chi connectivity index (χ0) is 10.3. The molecule has 2 bridgehead atoms. The number of fused-ring (bicyclic) bond motifs is 2. The smallest absolute Gasteiger partial charge is 0.325 e. The van der Waals surface area contributed by atoms with Crippen molar-refractivity contribution in [2.45, 2.75) is 51.2 Å². The Kier molecular flexibility index (Phi) is 2.30. The van der Waals surface area contributed by atoms with Gasteiger partial charge in [0.1, 0.15) is 11.6 Å². The number of ether oxygens (including phenoxy) is 1. The molecule has 14 heavy (non-hydrogen) atoms. The van der Waals surface area contributed by atoms with Crippen LogP contribution < -0.4 is 5.73 Å². The van der Waals surface area contributed by atoms with E-state index in [0.717, 1.165) is 12.3 Å². The molecule has 2 fully saturated rings. The van der Waals surface area contributed by atoms with Gasteiger partial charge in [-0.2, -0.15) is 0 Å². The lowest BCUT2D eigenvalue weighted by molar-refractivity contribution is -0.156. The summed E-state index contributed by atoms with van der Waals surface area (Å²) in [5.41, 5.74) is 4.84. The Hall–Kier alpha value is -0.570. The van der Waals surface area contributed by atoms with Crippen LogP contribution >= 0.6 is 0 Å². The maximum absolute atomic E-state index is 11.5. The number of rotatable bonds is 2. The van der Waals surface area contributed by atoms with E-state index < -0.39 is 5.54 Å². The standard InChI is InChI=1S/C11H19NO2/c1-11(2,12)10(13)14-9-6-7-3-4-8(9)5-7/h7-9H,3-6,12H2,1-2H3. The first-order chi connectivity index (χ1) is 6.47. The fraction of sp³-hybridized carbons (Fsp3) is 0.909. The molecule has 0 radical (unpaired) electrons. The maximum Gasteiger partial charge on any atom is 0.325 e. The molecular formula is C11H19NO2. The van der Waals surface area contributed by atoms with E-state index >= 15 is 0 Å². The topological polar surface area (TPSA) is 52.3 Å². The first-order valence-electron chi connectivity index (χ1n) is 5.47. The number of nitrogens with two attached hydrogens (primary N) is 1. The molecule has 3 nitrogen and oxygen atoms in total. The number of hydrogen-bond donors (Lipinski definition) is 1. The predicted octanol–water partition coefficient (Wildman–Crippen LogP) is 1.46. The van der Waals surface area contributed by atoms with Crippen molar-refractivity contribution in [3.05, 3.63) is 0 Å². The van der Waals surface area contributed by atoms with Crippen LogP contribution in [0, 0.1) is 11.8 Å². The van der Waals surface area contributed by atoms with Gasteiger partial charge in [0.05, 0.1) is 0 Å². The summed E-state index contributed by atoms with van der Waals surface area (Å²) in [4.78, 5) is 11.5. The average Bonchev–Trinajstić information content (AvgIpc) is 2.62. The molecule has 3 unspecified atom stereocenters. The number of esters is 1. The Morgan fingerprint density at radius 2 is 2.07 bits per heavy atom. The highest BCUT2D eigenvalue weighted by atomic mass is 16.5. The van der Waals surface area contributed by atoms with Crippen LogP contribution in [0.15, 0.2) is 0 Å². The molecule has 2 N–H and O–H groups in total. The normalized spacial score (nSPS) is 36.1. The van der Waals surface area contributed by atoms with Crippen LogP contribution in [0.5, 0.6) is 0 Å². The lowest BCUT2D eigenvalue weighted by atomic mass is 9.97. The van der Waals surface area contributed by atoms with Crippen LogP contribution in [0.25, 0.3) is 0 Å². The molecule has 3 heteroatoms. The summed E-state index contributed by atoms with van der Waals surface area (Å²) in [5, 5.41) is 0. The van der Waals surface area contributed by atoms with Gasteiger partial charge in [-0.05, 0) is 51.4 Å². The van der Waals surface area contributed by atoms with Crippen LogP contribution in [-0.4, -0.2) is 17.6 Å². The van der Waals surface area contributed by atoms with Gasteiger partial charge in [-0.25, -0.2) is 0 Å². The van der Waals surface area contributed by atoms with E-state index in [0.29, 0.717) is 5.92 Å². The van der Waals surface area contributed by atoms with Crippen molar-refractivity contribution in [2.24, 2.45) is 17.6 Å². The lowest BCUT2D eigenvalue weighted by Crippen LogP contribution is -2.45. The van der Waals surface area contributed by atoms with Crippen LogP contribution in [-0.2, 0) is 9.53 Å². The van der Waals surface area contributed by atoms with Gasteiger partial charge in [0.2, 0.25) is 0 Å². The van der Waals surface area contributed by atoms with E-state index in [1.165, 1.54) is 19.3 Å². The van der Waals surface area contributed by atoms with Crippen molar-refractivity contribution >= 4 is 5.97 Å². The van der Waals surface area contributed by atoms with Gasteiger partial charge >= 0.3 is 5.97 Å². The van der Waals surface area contributed by atoms with Gasteiger partial charge in [-0.15, -0.1) is 0 Å². The van der Waals surface area contributed by atoms with Gasteiger partial charge in [-0.1, -0.05) is 0 Å². The number of carbonyl (C=O) groups excluding carboxylic acids is 1. The summed E-state index contributed by atoms with van der Waals surface area (Å²) in [6, 6.07) is 0. The van der Waals surface area contributed by atoms with Crippen molar-refractivity contribution < 1.29 is 9.53 Å². The Labute approximate surface area is 85.0 Å². The summed E-state index contributed by atoms with van der Waals surface area (Å²) in [7, 11) is 0.